The highest BCUT2D eigenvalue weighted by Crippen LogP contribution is 2.31. The molecule has 0 aromatic carbocycles. The molecule has 2 rings (SSSR count). The number of esters is 4. The summed E-state index contributed by atoms with van der Waals surface area (Å²) in [5.41, 5.74) is 0. The van der Waals surface area contributed by atoms with Crippen molar-refractivity contribution in [2.75, 3.05) is 59.1 Å². The van der Waals surface area contributed by atoms with Gasteiger partial charge in [0, 0.05) is 52.1 Å². The summed E-state index contributed by atoms with van der Waals surface area (Å²) in [6.45, 7) is 20.4. The van der Waals surface area contributed by atoms with Gasteiger partial charge in [-0.3, -0.25) is 19.2 Å². The average molecular weight is 1400 g/mol. The Labute approximate surface area is 610 Å². The van der Waals surface area contributed by atoms with Crippen LogP contribution >= 0.6 is 0 Å². The van der Waals surface area contributed by atoms with Crippen molar-refractivity contribution in [3.05, 3.63) is 11.8 Å². The Bertz CT molecular complexity index is 1880. The maximum absolute atomic E-state index is 12.8. The van der Waals surface area contributed by atoms with E-state index in [1.165, 1.54) is 218 Å². The summed E-state index contributed by atoms with van der Waals surface area (Å²) < 4.78 is 28.3. The van der Waals surface area contributed by atoms with Crippen LogP contribution in [0.3, 0.4) is 0 Å². The Morgan fingerprint density at radius 2 is 0.737 bits per heavy atom. The number of aryl methyl sites for hydroxylation is 1. The van der Waals surface area contributed by atoms with E-state index in [1.807, 2.05) is 6.92 Å². The van der Waals surface area contributed by atoms with E-state index >= 15 is 0 Å². The molecule has 0 radical (unpaired) electrons. The van der Waals surface area contributed by atoms with E-state index in [2.05, 4.69) is 54.6 Å². The summed E-state index contributed by atoms with van der Waals surface area (Å²) in [5, 5.41) is 17.7. The Morgan fingerprint density at radius 3 is 1.13 bits per heavy atom. The van der Waals surface area contributed by atoms with Gasteiger partial charge in [0.1, 0.15) is 12.2 Å². The fourth-order valence-electron chi connectivity index (χ4n) is 14.0. The molecule has 99 heavy (non-hydrogen) atoms. The van der Waals surface area contributed by atoms with Crippen LogP contribution in [-0.2, 0) is 44.5 Å². The Hall–Kier alpha value is -3.10. The van der Waals surface area contributed by atoms with Gasteiger partial charge >= 0.3 is 23.9 Å². The second kappa shape index (κ2) is 73.2. The summed E-state index contributed by atoms with van der Waals surface area (Å²) in [6.07, 6.45) is 70.0. The van der Waals surface area contributed by atoms with Gasteiger partial charge in [-0.2, -0.15) is 0 Å². The molecule has 0 atom stereocenters. The maximum Gasteiger partial charge on any atom is 0.306 e. The van der Waals surface area contributed by atoms with Crippen LogP contribution in [0.1, 0.15) is 432 Å². The van der Waals surface area contributed by atoms with E-state index in [0.29, 0.717) is 44.8 Å². The lowest BCUT2D eigenvalue weighted by molar-refractivity contribution is -0.151. The zero-order valence-electron chi connectivity index (χ0n) is 66.1. The number of nitrogens with zero attached hydrogens (tertiary/aromatic N) is 4. The molecule has 0 bridgehead atoms. The molecule has 0 saturated heterocycles. The van der Waals surface area contributed by atoms with Crippen LogP contribution in [0.5, 0.6) is 0 Å². The van der Waals surface area contributed by atoms with Gasteiger partial charge in [-0.25, -0.2) is 0 Å². The van der Waals surface area contributed by atoms with Crippen LogP contribution in [0.4, 0.5) is 0 Å². The predicted molar refractivity (Wildman–Crippen MR) is 413 cm³/mol. The molecular weight excluding hydrogens is 1240 g/mol. The monoisotopic (exact) mass is 1400 g/mol. The molecular formula is C85H162N4O10. The zero-order valence-corrected chi connectivity index (χ0v) is 66.1. The summed E-state index contributed by atoms with van der Waals surface area (Å²) >= 11 is 0. The molecule has 1 aliphatic carbocycles. The summed E-state index contributed by atoms with van der Waals surface area (Å²) in [5.74, 6) is 2.15. The van der Waals surface area contributed by atoms with Gasteiger partial charge in [0.2, 0.25) is 11.8 Å². The van der Waals surface area contributed by atoms with Crippen LogP contribution in [0.25, 0.3) is 0 Å². The minimum absolute atomic E-state index is 0.00675. The number of hydrogen-bond donors (Lipinski definition) is 1. The zero-order chi connectivity index (χ0) is 71.8. The Balaban J connectivity index is 0.00000101. The van der Waals surface area contributed by atoms with Gasteiger partial charge in [-0.1, -0.05) is 279 Å². The van der Waals surface area contributed by atoms with E-state index < -0.39 is 0 Å². The van der Waals surface area contributed by atoms with Gasteiger partial charge < -0.3 is 38.3 Å². The van der Waals surface area contributed by atoms with Crippen molar-refractivity contribution in [1.29, 1.82) is 0 Å². The van der Waals surface area contributed by atoms with Gasteiger partial charge in [0.05, 0.1) is 19.8 Å². The molecule has 1 fully saturated rings. The fraction of sp³-hybridized carbons (Fsp3) is 0.929. The number of aliphatic hydroxyl groups excluding tert-OH is 1. The maximum atomic E-state index is 12.8. The third-order valence-corrected chi connectivity index (χ3v) is 20.4. The normalized spacial score (nSPS) is 13.9. The van der Waals surface area contributed by atoms with Crippen molar-refractivity contribution in [1.82, 2.24) is 20.0 Å². The quantitative estimate of drug-likeness (QED) is 0.0371. The molecule has 1 heterocycles. The van der Waals surface area contributed by atoms with Crippen LogP contribution in [0, 0.1) is 12.8 Å². The predicted octanol–water partition coefficient (Wildman–Crippen LogP) is 23.5. The van der Waals surface area contributed by atoms with Crippen molar-refractivity contribution in [3.8, 4) is 0 Å². The number of rotatable bonds is 73. The van der Waals surface area contributed by atoms with Gasteiger partial charge in [0.25, 0.3) is 0 Å². The third-order valence-electron chi connectivity index (χ3n) is 20.4. The van der Waals surface area contributed by atoms with Gasteiger partial charge in [-0.05, 0) is 148 Å². The van der Waals surface area contributed by atoms with Crippen LogP contribution in [0.15, 0.2) is 4.42 Å². The van der Waals surface area contributed by atoms with Crippen molar-refractivity contribution in [2.24, 2.45) is 5.92 Å². The molecule has 0 unspecified atom stereocenters. The number of aromatic nitrogens is 2. The largest absolute Gasteiger partial charge is 0.466 e. The number of carbonyl (C=O) groups is 4. The molecule has 14 heteroatoms. The number of aliphatic hydroxyl groups is 1. The smallest absolute Gasteiger partial charge is 0.306 e. The first-order valence-electron chi connectivity index (χ1n) is 43.1. The standard InChI is InChI=1S/C47H89N3O5.C38H73NO5/c1-5-8-11-14-17-26-33-42-53-46(51)36-29-22-18-24-31-39-50(41-38-45-49-48-43(4)54-45)40-32-25-19-23-30-37-47(52)55-44(34-27-20-15-12-9-6-2)35-28-21-16-13-10-7-3;1-3-5-7-8-9-16-22-34-43-37(41)24-18-12-10-14-20-30-39(32-33-40)31-21-15-11-13-19-25-38(42)44-36-28-26-35(27-29-36)23-17-6-4-2/h44H,5-42H2,1-4H3;35-36,40H,3-34H2,1-2H3. The average Bonchev–Trinajstić information content (AvgIpc) is 1.96. The first-order chi connectivity index (χ1) is 48.6. The molecule has 1 aliphatic rings. The lowest BCUT2D eigenvalue weighted by Gasteiger charge is -2.28. The first-order valence-corrected chi connectivity index (χ1v) is 43.1. The molecule has 1 aromatic heterocycles. The van der Waals surface area contributed by atoms with Gasteiger partial charge in [0.15, 0.2) is 0 Å². The minimum atomic E-state index is -0.0319. The van der Waals surface area contributed by atoms with Crippen LogP contribution < -0.4 is 0 Å². The van der Waals surface area contributed by atoms with Crippen LogP contribution in [-0.4, -0.2) is 120 Å². The molecule has 0 amide bonds. The molecule has 0 spiro atoms. The second-order valence-corrected chi connectivity index (χ2v) is 30.0. The topological polar surface area (TPSA) is 171 Å². The molecule has 0 aliphatic heterocycles. The highest BCUT2D eigenvalue weighted by Gasteiger charge is 2.24. The summed E-state index contributed by atoms with van der Waals surface area (Å²) in [4.78, 5) is 54.0. The highest BCUT2D eigenvalue weighted by atomic mass is 16.6. The molecule has 1 saturated carbocycles. The first kappa shape index (κ1) is 93.9. The van der Waals surface area contributed by atoms with Gasteiger partial charge in [-0.15, -0.1) is 10.2 Å². The van der Waals surface area contributed by atoms with E-state index in [9.17, 15) is 24.3 Å². The highest BCUT2D eigenvalue weighted by molar-refractivity contribution is 5.70. The van der Waals surface area contributed by atoms with Crippen molar-refractivity contribution in [3.63, 3.8) is 0 Å². The summed E-state index contributed by atoms with van der Waals surface area (Å²) in [7, 11) is 0. The Kier molecular flexibility index (Phi) is 69.5. The summed E-state index contributed by atoms with van der Waals surface area (Å²) in [6, 6.07) is 0. The fourth-order valence-corrected chi connectivity index (χ4v) is 14.0. The second-order valence-electron chi connectivity index (χ2n) is 30.0. The molecule has 1 aromatic rings. The van der Waals surface area contributed by atoms with Crippen molar-refractivity contribution >= 4 is 23.9 Å². The number of ether oxygens (including phenoxy) is 4. The SMILES string of the molecule is CCCCCCCCCOC(=O)CCCCCCCN(CCCCCCCC(=O)OC(CCCCCCCC)CCCCCCCC)CCc1nnc(C)o1.CCCCCCCCCOC(=O)CCCCCCCN(CCO)CCCCCCCC(=O)OC1CCC(CCCCC)CC1. The number of unbranched alkanes of at least 4 members (excludes halogenated alkanes) is 40. The van der Waals surface area contributed by atoms with E-state index in [0.717, 1.165) is 199 Å². The lowest BCUT2D eigenvalue weighted by Crippen LogP contribution is -2.29. The number of hydrogen-bond acceptors (Lipinski definition) is 14. The van der Waals surface area contributed by atoms with E-state index in [4.69, 9.17) is 23.4 Å². The molecule has 582 valence electrons. The van der Waals surface area contributed by atoms with E-state index in [1.54, 1.807) is 0 Å². The van der Waals surface area contributed by atoms with E-state index in [-0.39, 0.29) is 42.7 Å². The molecule has 14 nitrogen and oxygen atoms in total. The third kappa shape index (κ3) is 64.3. The van der Waals surface area contributed by atoms with Crippen LogP contribution in [0.2, 0.25) is 0 Å². The van der Waals surface area contributed by atoms with Crippen molar-refractivity contribution < 1.29 is 47.6 Å². The number of carbonyl (C=O) groups excluding carboxylic acids is 4. The lowest BCUT2D eigenvalue weighted by atomic mass is 9.84. The minimum Gasteiger partial charge on any atom is -0.466 e. The molecule has 1 N–H and O–H groups in total. The Morgan fingerprint density at radius 1 is 0.394 bits per heavy atom. The van der Waals surface area contributed by atoms with Crippen molar-refractivity contribution in [2.45, 2.75) is 445 Å².